The molecule has 1 aromatic carbocycles. The molecule has 3 nitrogen and oxygen atoms in total. The highest BCUT2D eigenvalue weighted by molar-refractivity contribution is 5.78. The molecule has 0 spiro atoms. The number of piperidine rings is 1. The number of benzene rings is 1. The van der Waals surface area contributed by atoms with Crippen LogP contribution in [0.1, 0.15) is 51.5 Å². The van der Waals surface area contributed by atoms with Crippen molar-refractivity contribution in [1.82, 2.24) is 4.90 Å². The molecule has 0 bridgehead atoms. The van der Waals surface area contributed by atoms with E-state index in [0.717, 1.165) is 45.3 Å². The molecule has 1 saturated heterocycles. The number of rotatable bonds is 5. The van der Waals surface area contributed by atoms with Gasteiger partial charge in [0.05, 0.1) is 0 Å². The summed E-state index contributed by atoms with van der Waals surface area (Å²) < 4.78 is 0. The van der Waals surface area contributed by atoms with Crippen LogP contribution in [0.2, 0.25) is 0 Å². The standard InChI is InChI=1S/C20H30N2O/c1-19(2,15-21)16-8-12-22(13-9-16)18(23)14-20(10-11-20)17-6-4-3-5-7-17/h3-7,16H,8-15,21H2,1-2H3. The second-order valence-corrected chi connectivity index (χ2v) is 8.17. The summed E-state index contributed by atoms with van der Waals surface area (Å²) >= 11 is 0. The van der Waals surface area contributed by atoms with Gasteiger partial charge in [-0.2, -0.15) is 0 Å². The monoisotopic (exact) mass is 314 g/mol. The van der Waals surface area contributed by atoms with Gasteiger partial charge in [-0.1, -0.05) is 44.2 Å². The normalized spacial score (nSPS) is 21.3. The first-order valence-corrected chi connectivity index (χ1v) is 9.00. The number of carbonyl (C=O) groups is 1. The Bertz CT molecular complexity index is 540. The van der Waals surface area contributed by atoms with Crippen LogP contribution in [0.4, 0.5) is 0 Å². The SMILES string of the molecule is CC(C)(CN)C1CCN(C(=O)CC2(c3ccccc3)CC2)CC1. The molecule has 1 aliphatic heterocycles. The fourth-order valence-electron chi connectivity index (χ4n) is 3.99. The molecule has 0 atom stereocenters. The number of nitrogens with two attached hydrogens (primary N) is 1. The summed E-state index contributed by atoms with van der Waals surface area (Å²) in [6.45, 7) is 7.03. The van der Waals surface area contributed by atoms with Gasteiger partial charge >= 0.3 is 0 Å². The van der Waals surface area contributed by atoms with E-state index >= 15 is 0 Å². The Labute approximate surface area is 140 Å². The lowest BCUT2D eigenvalue weighted by Crippen LogP contribution is -2.44. The Morgan fingerprint density at radius 1 is 1.22 bits per heavy atom. The van der Waals surface area contributed by atoms with E-state index in [4.69, 9.17) is 5.73 Å². The molecule has 1 amide bonds. The average molecular weight is 314 g/mol. The van der Waals surface area contributed by atoms with Crippen molar-refractivity contribution in [1.29, 1.82) is 0 Å². The molecule has 0 unspecified atom stereocenters. The lowest BCUT2D eigenvalue weighted by atomic mass is 9.73. The summed E-state index contributed by atoms with van der Waals surface area (Å²) in [7, 11) is 0. The third kappa shape index (κ3) is 3.45. The fraction of sp³-hybridized carbons (Fsp3) is 0.650. The fourth-order valence-corrected chi connectivity index (χ4v) is 3.99. The van der Waals surface area contributed by atoms with E-state index in [1.54, 1.807) is 0 Å². The van der Waals surface area contributed by atoms with Gasteiger partial charge in [0.2, 0.25) is 5.91 Å². The Kier molecular flexibility index (Phi) is 4.50. The van der Waals surface area contributed by atoms with Crippen LogP contribution in [0, 0.1) is 11.3 Å². The maximum Gasteiger partial charge on any atom is 0.223 e. The first kappa shape index (κ1) is 16.5. The van der Waals surface area contributed by atoms with Crippen LogP contribution in [0.25, 0.3) is 0 Å². The molecule has 2 N–H and O–H groups in total. The van der Waals surface area contributed by atoms with Crippen LogP contribution in [0.3, 0.4) is 0 Å². The largest absolute Gasteiger partial charge is 0.343 e. The van der Waals surface area contributed by atoms with Crippen molar-refractivity contribution in [2.24, 2.45) is 17.1 Å². The van der Waals surface area contributed by atoms with Crippen LogP contribution in [-0.2, 0) is 10.2 Å². The van der Waals surface area contributed by atoms with E-state index < -0.39 is 0 Å². The predicted molar refractivity (Wildman–Crippen MR) is 94.1 cm³/mol. The van der Waals surface area contributed by atoms with Gasteiger partial charge in [0.1, 0.15) is 0 Å². The minimum Gasteiger partial charge on any atom is -0.343 e. The molecule has 2 fully saturated rings. The van der Waals surface area contributed by atoms with Gasteiger partial charge in [0.25, 0.3) is 0 Å². The van der Waals surface area contributed by atoms with Gasteiger partial charge in [-0.15, -0.1) is 0 Å². The molecule has 1 saturated carbocycles. The van der Waals surface area contributed by atoms with Crippen molar-refractivity contribution in [3.63, 3.8) is 0 Å². The van der Waals surface area contributed by atoms with Gasteiger partial charge < -0.3 is 10.6 Å². The third-order valence-corrected chi connectivity index (χ3v) is 6.21. The van der Waals surface area contributed by atoms with Crippen LogP contribution in [0.5, 0.6) is 0 Å². The molecule has 126 valence electrons. The van der Waals surface area contributed by atoms with Crippen molar-refractivity contribution < 1.29 is 4.79 Å². The van der Waals surface area contributed by atoms with Crippen LogP contribution < -0.4 is 5.73 Å². The van der Waals surface area contributed by atoms with E-state index in [2.05, 4.69) is 43.0 Å². The topological polar surface area (TPSA) is 46.3 Å². The zero-order chi connectivity index (χ0) is 16.5. The smallest absolute Gasteiger partial charge is 0.223 e. The minimum absolute atomic E-state index is 0.131. The summed E-state index contributed by atoms with van der Waals surface area (Å²) in [6, 6.07) is 10.6. The summed E-state index contributed by atoms with van der Waals surface area (Å²) in [5.74, 6) is 0.982. The first-order valence-electron chi connectivity index (χ1n) is 9.00. The number of nitrogens with zero attached hydrogens (tertiary/aromatic N) is 1. The summed E-state index contributed by atoms with van der Waals surface area (Å²) in [5, 5.41) is 0. The first-order chi connectivity index (χ1) is 11.0. The molecule has 23 heavy (non-hydrogen) atoms. The minimum atomic E-state index is 0.131. The molecule has 0 radical (unpaired) electrons. The summed E-state index contributed by atoms with van der Waals surface area (Å²) in [5.41, 5.74) is 7.57. The lowest BCUT2D eigenvalue weighted by molar-refractivity contribution is -0.133. The van der Waals surface area contributed by atoms with Crippen LogP contribution in [-0.4, -0.2) is 30.4 Å². The van der Waals surface area contributed by atoms with Crippen LogP contribution >= 0.6 is 0 Å². The van der Waals surface area contributed by atoms with Gasteiger partial charge in [-0.25, -0.2) is 0 Å². The molecule has 3 heteroatoms. The quantitative estimate of drug-likeness (QED) is 0.906. The van der Waals surface area contributed by atoms with Crippen molar-refractivity contribution >= 4 is 5.91 Å². The van der Waals surface area contributed by atoms with E-state index in [-0.39, 0.29) is 10.8 Å². The molecule has 2 aliphatic rings. The number of hydrogen-bond acceptors (Lipinski definition) is 2. The van der Waals surface area contributed by atoms with Gasteiger partial charge in [-0.3, -0.25) is 4.79 Å². The number of amides is 1. The molecule has 1 heterocycles. The summed E-state index contributed by atoms with van der Waals surface area (Å²) in [6.07, 6.45) is 5.17. The lowest BCUT2D eigenvalue weighted by Gasteiger charge is -2.40. The summed E-state index contributed by atoms with van der Waals surface area (Å²) in [4.78, 5) is 14.8. The Morgan fingerprint density at radius 3 is 2.35 bits per heavy atom. The molecular formula is C20H30N2O. The van der Waals surface area contributed by atoms with Crippen molar-refractivity contribution in [3.8, 4) is 0 Å². The average Bonchev–Trinajstić information content (AvgIpc) is 3.36. The number of carbonyl (C=O) groups excluding carboxylic acids is 1. The highest BCUT2D eigenvalue weighted by Crippen LogP contribution is 2.51. The van der Waals surface area contributed by atoms with Crippen molar-refractivity contribution in [2.45, 2.75) is 51.4 Å². The molecule has 3 rings (SSSR count). The highest BCUT2D eigenvalue weighted by atomic mass is 16.2. The highest BCUT2D eigenvalue weighted by Gasteiger charge is 2.46. The molecule has 1 aliphatic carbocycles. The number of likely N-dealkylation sites (tertiary alicyclic amines) is 1. The molecule has 1 aromatic rings. The van der Waals surface area contributed by atoms with E-state index in [1.807, 2.05) is 6.07 Å². The maximum absolute atomic E-state index is 12.8. The number of hydrogen-bond donors (Lipinski definition) is 1. The zero-order valence-electron chi connectivity index (χ0n) is 14.6. The Balaban J connectivity index is 1.57. The molecular weight excluding hydrogens is 284 g/mol. The second kappa shape index (κ2) is 6.27. The zero-order valence-corrected chi connectivity index (χ0v) is 14.6. The predicted octanol–water partition coefficient (Wildman–Crippen LogP) is 3.33. The van der Waals surface area contributed by atoms with Crippen molar-refractivity contribution in [3.05, 3.63) is 35.9 Å². The Morgan fingerprint density at radius 2 is 1.83 bits per heavy atom. The third-order valence-electron chi connectivity index (χ3n) is 6.21. The van der Waals surface area contributed by atoms with Gasteiger partial charge in [-0.05, 0) is 49.1 Å². The van der Waals surface area contributed by atoms with Crippen LogP contribution in [0.15, 0.2) is 30.3 Å². The Hall–Kier alpha value is -1.35. The van der Waals surface area contributed by atoms with Gasteiger partial charge in [0.15, 0.2) is 0 Å². The van der Waals surface area contributed by atoms with E-state index in [9.17, 15) is 4.79 Å². The van der Waals surface area contributed by atoms with E-state index in [1.165, 1.54) is 5.56 Å². The molecule has 0 aromatic heterocycles. The van der Waals surface area contributed by atoms with E-state index in [0.29, 0.717) is 18.2 Å². The second-order valence-electron chi connectivity index (χ2n) is 8.17. The van der Waals surface area contributed by atoms with Crippen molar-refractivity contribution in [2.75, 3.05) is 19.6 Å². The van der Waals surface area contributed by atoms with Gasteiger partial charge in [0, 0.05) is 24.9 Å². The maximum atomic E-state index is 12.8.